The summed E-state index contributed by atoms with van der Waals surface area (Å²) in [5, 5.41) is 6.58. The number of hydrogen-bond acceptors (Lipinski definition) is 4. The van der Waals surface area contributed by atoms with E-state index in [1.165, 1.54) is 28.7 Å². The van der Waals surface area contributed by atoms with Crippen LogP contribution in [-0.2, 0) is 4.79 Å². The van der Waals surface area contributed by atoms with E-state index in [9.17, 15) is 4.79 Å². The van der Waals surface area contributed by atoms with Gasteiger partial charge in [-0.05, 0) is 35.9 Å². The Morgan fingerprint density at radius 1 is 1.14 bits per heavy atom. The van der Waals surface area contributed by atoms with Gasteiger partial charge in [0, 0.05) is 46.4 Å². The average molecular weight is 395 g/mol. The second-order valence-electron chi connectivity index (χ2n) is 7.92. The first-order chi connectivity index (χ1) is 13.8. The molecule has 6 heteroatoms. The smallest absolute Gasteiger partial charge is 0.238 e. The molecule has 4 unspecified atom stereocenters. The number of hydrazine groups is 1. The third-order valence-corrected chi connectivity index (χ3v) is 7.30. The van der Waals surface area contributed by atoms with Gasteiger partial charge in [-0.3, -0.25) is 10.2 Å². The average Bonchev–Trinajstić information content (AvgIpc) is 3.48. The molecule has 4 atom stereocenters. The number of thiophene rings is 1. The number of amides is 1. The molecule has 1 amide bonds. The van der Waals surface area contributed by atoms with Gasteiger partial charge in [0.25, 0.3) is 0 Å². The molecule has 28 heavy (non-hydrogen) atoms. The van der Waals surface area contributed by atoms with E-state index >= 15 is 0 Å². The van der Waals surface area contributed by atoms with E-state index in [4.69, 9.17) is 0 Å². The maximum absolute atomic E-state index is 13.0. The molecule has 2 aromatic heterocycles. The number of fused-ring (bicyclic) bond motifs is 2. The Kier molecular flexibility index (Phi) is 4.93. The van der Waals surface area contributed by atoms with E-state index in [2.05, 4.69) is 63.1 Å². The van der Waals surface area contributed by atoms with Crippen LogP contribution in [0.2, 0.25) is 0 Å². The minimum atomic E-state index is -0.128. The van der Waals surface area contributed by atoms with Crippen LogP contribution in [0.5, 0.6) is 0 Å². The van der Waals surface area contributed by atoms with Crippen molar-refractivity contribution in [3.05, 3.63) is 58.4 Å². The summed E-state index contributed by atoms with van der Waals surface area (Å²) in [4.78, 5) is 17.6. The van der Waals surface area contributed by atoms with E-state index in [0.29, 0.717) is 18.5 Å². The second-order valence-corrected chi connectivity index (χ2v) is 8.90. The molecule has 4 N–H and O–H groups in total. The molecule has 2 fully saturated rings. The number of aromatic amines is 1. The Bertz CT molecular complexity index is 951. The zero-order valence-corrected chi connectivity index (χ0v) is 16.6. The van der Waals surface area contributed by atoms with Crippen LogP contribution in [0.3, 0.4) is 0 Å². The van der Waals surface area contributed by atoms with Crippen molar-refractivity contribution >= 4 is 28.1 Å². The molecular formula is C22H26N4OS. The number of H-pyrrole nitrogens is 1. The highest BCUT2D eigenvalue weighted by atomic mass is 32.1. The van der Waals surface area contributed by atoms with Gasteiger partial charge in [-0.1, -0.05) is 37.1 Å². The first-order valence-corrected chi connectivity index (χ1v) is 11.1. The predicted octanol–water partition coefficient (Wildman–Crippen LogP) is 3.51. The van der Waals surface area contributed by atoms with E-state index < -0.39 is 0 Å². The van der Waals surface area contributed by atoms with Crippen molar-refractivity contribution in [2.75, 3.05) is 6.54 Å². The Balaban J connectivity index is 1.35. The minimum Gasteiger partial charge on any atom is -0.361 e. The minimum absolute atomic E-state index is 0.114. The maximum atomic E-state index is 13.0. The van der Waals surface area contributed by atoms with Crippen LogP contribution in [0.15, 0.2) is 48.0 Å². The molecule has 146 valence electrons. The van der Waals surface area contributed by atoms with Crippen LogP contribution in [-0.4, -0.2) is 29.5 Å². The van der Waals surface area contributed by atoms with Gasteiger partial charge in [-0.15, -0.1) is 11.3 Å². The zero-order chi connectivity index (χ0) is 18.9. The lowest BCUT2D eigenvalue weighted by Crippen LogP contribution is -2.46. The molecule has 0 radical (unpaired) electrons. The van der Waals surface area contributed by atoms with Crippen molar-refractivity contribution < 1.29 is 4.79 Å². The van der Waals surface area contributed by atoms with Crippen LogP contribution in [0.25, 0.3) is 10.9 Å². The van der Waals surface area contributed by atoms with E-state index in [-0.39, 0.29) is 17.9 Å². The summed E-state index contributed by atoms with van der Waals surface area (Å²) in [7, 11) is 0. The maximum Gasteiger partial charge on any atom is 0.238 e. The Morgan fingerprint density at radius 2 is 2.04 bits per heavy atom. The number of carbonyl (C=O) groups excluding carboxylic acids is 1. The quantitative estimate of drug-likeness (QED) is 0.535. The summed E-state index contributed by atoms with van der Waals surface area (Å²) in [5.74, 6) is 0.668. The summed E-state index contributed by atoms with van der Waals surface area (Å²) in [5.41, 5.74) is 8.98. The largest absolute Gasteiger partial charge is 0.361 e. The van der Waals surface area contributed by atoms with Crippen LogP contribution in [0, 0.1) is 5.92 Å². The third kappa shape index (κ3) is 3.26. The van der Waals surface area contributed by atoms with Crippen LogP contribution in [0.1, 0.15) is 42.0 Å². The summed E-state index contributed by atoms with van der Waals surface area (Å²) < 4.78 is 0. The highest BCUT2D eigenvalue weighted by Gasteiger charge is 2.41. The van der Waals surface area contributed by atoms with E-state index in [1.54, 1.807) is 11.3 Å². The molecule has 1 saturated carbocycles. The number of benzene rings is 1. The van der Waals surface area contributed by atoms with E-state index in [0.717, 1.165) is 18.4 Å². The standard InChI is InChI=1S/C22H26N4OS/c27-22(21-15-7-2-4-9-19(15)25-26-21)24-13-17(20-10-5-11-28-20)16-12-23-18-8-3-1-6-14(16)18/h1,3,5-6,8,10-12,15,17,19,21,23,25-26H,2,4,7,9,13H2,(H,24,27). The molecule has 3 aromatic rings. The van der Waals surface area contributed by atoms with Gasteiger partial charge in [-0.2, -0.15) is 0 Å². The SMILES string of the molecule is O=C(NCC(c1cccs1)c1c[nH]c2ccccc12)C1NNC2CCCCC21. The molecule has 5 nitrogen and oxygen atoms in total. The van der Waals surface area contributed by atoms with Gasteiger partial charge in [-0.25, -0.2) is 5.43 Å². The molecule has 0 bridgehead atoms. The number of aromatic nitrogens is 1. The molecule has 1 aliphatic heterocycles. The van der Waals surface area contributed by atoms with Crippen molar-refractivity contribution in [1.29, 1.82) is 0 Å². The van der Waals surface area contributed by atoms with Crippen molar-refractivity contribution in [2.24, 2.45) is 5.92 Å². The van der Waals surface area contributed by atoms with E-state index in [1.807, 2.05) is 6.07 Å². The van der Waals surface area contributed by atoms with Gasteiger partial charge in [0.2, 0.25) is 5.91 Å². The Morgan fingerprint density at radius 3 is 2.93 bits per heavy atom. The molecule has 2 aliphatic rings. The number of carbonyl (C=O) groups is 1. The lowest BCUT2D eigenvalue weighted by molar-refractivity contribution is -0.124. The normalized spacial score (nSPS) is 25.5. The number of nitrogens with one attached hydrogen (secondary N) is 4. The van der Waals surface area contributed by atoms with Gasteiger partial charge in [0.05, 0.1) is 0 Å². The van der Waals surface area contributed by atoms with Crippen molar-refractivity contribution in [1.82, 2.24) is 21.2 Å². The number of rotatable bonds is 5. The fourth-order valence-corrected chi connectivity index (χ4v) is 5.70. The molecular weight excluding hydrogens is 368 g/mol. The lowest BCUT2D eigenvalue weighted by atomic mass is 9.81. The Hall–Kier alpha value is -2.15. The van der Waals surface area contributed by atoms with Gasteiger partial charge < -0.3 is 10.3 Å². The third-order valence-electron chi connectivity index (χ3n) is 6.32. The Labute approximate surface area is 168 Å². The first kappa shape index (κ1) is 17.9. The van der Waals surface area contributed by atoms with Crippen LogP contribution < -0.4 is 16.2 Å². The van der Waals surface area contributed by atoms with Gasteiger partial charge in [0.15, 0.2) is 0 Å². The molecule has 1 saturated heterocycles. The fraction of sp³-hybridized carbons (Fsp3) is 0.409. The van der Waals surface area contributed by atoms with Crippen molar-refractivity contribution in [3.8, 4) is 0 Å². The summed E-state index contributed by atoms with van der Waals surface area (Å²) >= 11 is 1.75. The van der Waals surface area contributed by atoms with Crippen LogP contribution >= 0.6 is 11.3 Å². The summed E-state index contributed by atoms with van der Waals surface area (Å²) in [6.45, 7) is 0.608. The topological polar surface area (TPSA) is 69.0 Å². The highest BCUT2D eigenvalue weighted by Crippen LogP contribution is 2.33. The zero-order valence-electron chi connectivity index (χ0n) is 15.8. The molecule has 3 heterocycles. The van der Waals surface area contributed by atoms with Crippen molar-refractivity contribution in [2.45, 2.75) is 43.7 Å². The molecule has 1 aliphatic carbocycles. The van der Waals surface area contributed by atoms with Gasteiger partial charge >= 0.3 is 0 Å². The summed E-state index contributed by atoms with van der Waals surface area (Å²) in [6, 6.07) is 12.9. The first-order valence-electron chi connectivity index (χ1n) is 10.2. The second kappa shape index (κ2) is 7.70. The molecule has 5 rings (SSSR count). The number of hydrogen-bond donors (Lipinski definition) is 4. The van der Waals surface area contributed by atoms with Gasteiger partial charge in [0.1, 0.15) is 6.04 Å². The van der Waals surface area contributed by atoms with Crippen LogP contribution in [0.4, 0.5) is 0 Å². The molecule has 0 spiro atoms. The highest BCUT2D eigenvalue weighted by molar-refractivity contribution is 7.10. The molecule has 1 aromatic carbocycles. The number of para-hydroxylation sites is 1. The van der Waals surface area contributed by atoms with Crippen molar-refractivity contribution in [3.63, 3.8) is 0 Å². The predicted molar refractivity (Wildman–Crippen MR) is 113 cm³/mol. The lowest BCUT2D eigenvalue weighted by Gasteiger charge is -2.27. The monoisotopic (exact) mass is 394 g/mol. The fourth-order valence-electron chi connectivity index (χ4n) is 4.85. The summed E-state index contributed by atoms with van der Waals surface area (Å²) in [6.07, 6.45) is 6.86.